The summed E-state index contributed by atoms with van der Waals surface area (Å²) in [7, 11) is 0. The molecule has 0 spiro atoms. The van der Waals surface area contributed by atoms with Crippen molar-refractivity contribution in [2.45, 2.75) is 19.4 Å². The molecule has 1 aromatic rings. The molecule has 0 saturated carbocycles. The standard InChI is InChI=1S/C12H13NO/c1-9-4-2-3-5-10(9)6-7-11-8-12(14)13-11/h2-7,11H,8H2,1H3,(H,13,14)/b7-6+. The largest absolute Gasteiger partial charge is 0.349 e. The zero-order chi connectivity index (χ0) is 9.97. The molecule has 1 aromatic carbocycles. The van der Waals surface area contributed by atoms with Crippen molar-refractivity contribution in [3.63, 3.8) is 0 Å². The van der Waals surface area contributed by atoms with Crippen molar-refractivity contribution in [2.75, 3.05) is 0 Å². The molecule has 0 aromatic heterocycles. The van der Waals surface area contributed by atoms with Crippen LogP contribution >= 0.6 is 0 Å². The highest BCUT2D eigenvalue weighted by atomic mass is 16.2. The molecule has 1 N–H and O–H groups in total. The molecule has 1 amide bonds. The maximum Gasteiger partial charge on any atom is 0.222 e. The number of rotatable bonds is 2. The third kappa shape index (κ3) is 1.84. The first kappa shape index (κ1) is 9.00. The second-order valence-electron chi connectivity index (χ2n) is 3.59. The molecule has 2 rings (SSSR count). The van der Waals surface area contributed by atoms with E-state index in [0.717, 1.165) is 0 Å². The van der Waals surface area contributed by atoms with Crippen molar-refractivity contribution in [2.24, 2.45) is 0 Å². The Balaban J connectivity index is 2.03. The van der Waals surface area contributed by atoms with Crippen LogP contribution in [0, 0.1) is 6.92 Å². The maximum absolute atomic E-state index is 10.6. The number of β-lactam (4-membered cyclic amide) rings is 1. The highest BCUT2D eigenvalue weighted by Gasteiger charge is 2.21. The van der Waals surface area contributed by atoms with Gasteiger partial charge in [-0.1, -0.05) is 36.4 Å². The van der Waals surface area contributed by atoms with Gasteiger partial charge in [0.25, 0.3) is 0 Å². The number of aryl methyl sites for hydroxylation is 1. The molecule has 1 unspecified atom stereocenters. The van der Waals surface area contributed by atoms with Gasteiger partial charge in [-0.3, -0.25) is 4.79 Å². The zero-order valence-electron chi connectivity index (χ0n) is 8.16. The van der Waals surface area contributed by atoms with Crippen LogP contribution in [0.15, 0.2) is 30.3 Å². The van der Waals surface area contributed by atoms with Gasteiger partial charge in [-0.25, -0.2) is 0 Å². The number of carbonyl (C=O) groups excluding carboxylic acids is 1. The number of nitrogens with one attached hydrogen (secondary N) is 1. The Morgan fingerprint density at radius 1 is 1.43 bits per heavy atom. The van der Waals surface area contributed by atoms with E-state index in [9.17, 15) is 4.79 Å². The second kappa shape index (κ2) is 3.66. The molecule has 0 bridgehead atoms. The lowest BCUT2D eigenvalue weighted by Crippen LogP contribution is -2.46. The minimum Gasteiger partial charge on any atom is -0.349 e. The third-order valence-electron chi connectivity index (χ3n) is 2.45. The molecule has 72 valence electrons. The number of benzene rings is 1. The Labute approximate surface area is 83.6 Å². The molecule has 14 heavy (non-hydrogen) atoms. The van der Waals surface area contributed by atoms with Crippen molar-refractivity contribution in [3.05, 3.63) is 41.5 Å². The normalized spacial score (nSPS) is 20.6. The lowest BCUT2D eigenvalue weighted by atomic mass is 10.0. The zero-order valence-corrected chi connectivity index (χ0v) is 8.16. The van der Waals surface area contributed by atoms with Crippen LogP contribution in [0.25, 0.3) is 6.08 Å². The second-order valence-corrected chi connectivity index (χ2v) is 3.59. The topological polar surface area (TPSA) is 29.1 Å². The predicted molar refractivity (Wildman–Crippen MR) is 56.8 cm³/mol. The van der Waals surface area contributed by atoms with Crippen molar-refractivity contribution in [1.82, 2.24) is 5.32 Å². The summed E-state index contributed by atoms with van der Waals surface area (Å²) >= 11 is 0. The summed E-state index contributed by atoms with van der Waals surface area (Å²) in [6, 6.07) is 8.44. The highest BCUT2D eigenvalue weighted by Crippen LogP contribution is 2.12. The SMILES string of the molecule is Cc1ccccc1/C=C/C1CC(=O)N1. The van der Waals surface area contributed by atoms with Crippen LogP contribution in [0.2, 0.25) is 0 Å². The minimum atomic E-state index is 0.143. The fourth-order valence-electron chi connectivity index (χ4n) is 1.50. The Morgan fingerprint density at radius 2 is 2.14 bits per heavy atom. The molecule has 2 heteroatoms. The molecule has 1 aliphatic heterocycles. The van der Waals surface area contributed by atoms with Crippen LogP contribution in [-0.4, -0.2) is 11.9 Å². The summed E-state index contributed by atoms with van der Waals surface area (Å²) in [5, 5.41) is 2.81. The average molecular weight is 187 g/mol. The van der Waals surface area contributed by atoms with E-state index in [-0.39, 0.29) is 11.9 Å². The summed E-state index contributed by atoms with van der Waals surface area (Å²) in [6.07, 6.45) is 4.74. The first-order valence-electron chi connectivity index (χ1n) is 4.79. The van der Waals surface area contributed by atoms with Crippen molar-refractivity contribution < 1.29 is 4.79 Å². The van der Waals surface area contributed by atoms with Gasteiger partial charge >= 0.3 is 0 Å². The first-order valence-corrected chi connectivity index (χ1v) is 4.79. The Morgan fingerprint density at radius 3 is 2.79 bits per heavy atom. The van der Waals surface area contributed by atoms with E-state index in [1.165, 1.54) is 11.1 Å². The molecule has 1 fully saturated rings. The average Bonchev–Trinajstić information content (AvgIpc) is 2.13. The molecule has 0 aliphatic carbocycles. The fraction of sp³-hybridized carbons (Fsp3) is 0.250. The van der Waals surface area contributed by atoms with Gasteiger partial charge in [0.1, 0.15) is 0 Å². The van der Waals surface area contributed by atoms with Crippen molar-refractivity contribution in [3.8, 4) is 0 Å². The van der Waals surface area contributed by atoms with E-state index in [0.29, 0.717) is 6.42 Å². The van der Waals surface area contributed by atoms with Gasteiger partial charge in [-0.05, 0) is 18.1 Å². The molecule has 1 saturated heterocycles. The monoisotopic (exact) mass is 187 g/mol. The van der Waals surface area contributed by atoms with Crippen LogP contribution < -0.4 is 5.32 Å². The Kier molecular flexibility index (Phi) is 2.35. The van der Waals surface area contributed by atoms with Crippen LogP contribution in [-0.2, 0) is 4.79 Å². The fourth-order valence-corrected chi connectivity index (χ4v) is 1.50. The van der Waals surface area contributed by atoms with Gasteiger partial charge < -0.3 is 5.32 Å². The Hall–Kier alpha value is -1.57. The molecule has 0 radical (unpaired) electrons. The van der Waals surface area contributed by atoms with Gasteiger partial charge in [-0.2, -0.15) is 0 Å². The third-order valence-corrected chi connectivity index (χ3v) is 2.45. The first-order chi connectivity index (χ1) is 6.75. The molecular weight excluding hydrogens is 174 g/mol. The minimum absolute atomic E-state index is 0.143. The van der Waals surface area contributed by atoms with E-state index < -0.39 is 0 Å². The molecule has 1 heterocycles. The molecule has 2 nitrogen and oxygen atoms in total. The van der Waals surface area contributed by atoms with Crippen LogP contribution in [0.1, 0.15) is 17.5 Å². The van der Waals surface area contributed by atoms with Crippen molar-refractivity contribution in [1.29, 1.82) is 0 Å². The number of carbonyl (C=O) groups is 1. The van der Waals surface area contributed by atoms with Crippen LogP contribution in [0.5, 0.6) is 0 Å². The number of hydrogen-bond donors (Lipinski definition) is 1. The summed E-state index contributed by atoms with van der Waals surface area (Å²) in [4.78, 5) is 10.6. The quantitative estimate of drug-likeness (QED) is 0.704. The van der Waals surface area contributed by atoms with Gasteiger partial charge in [0.05, 0.1) is 12.5 Å². The molecule has 1 aliphatic rings. The van der Waals surface area contributed by atoms with Gasteiger partial charge in [0.15, 0.2) is 0 Å². The maximum atomic E-state index is 10.6. The lowest BCUT2D eigenvalue weighted by molar-refractivity contribution is -0.127. The van der Waals surface area contributed by atoms with E-state index in [2.05, 4.69) is 30.4 Å². The molecule has 1 atom stereocenters. The summed E-state index contributed by atoms with van der Waals surface area (Å²) in [5.74, 6) is 0.143. The summed E-state index contributed by atoms with van der Waals surface area (Å²) in [5.41, 5.74) is 2.48. The number of amides is 1. The van der Waals surface area contributed by atoms with E-state index in [4.69, 9.17) is 0 Å². The summed E-state index contributed by atoms with van der Waals surface area (Å²) in [6.45, 7) is 2.08. The number of hydrogen-bond acceptors (Lipinski definition) is 1. The van der Waals surface area contributed by atoms with Crippen LogP contribution in [0.4, 0.5) is 0 Å². The van der Waals surface area contributed by atoms with Gasteiger partial charge in [0.2, 0.25) is 5.91 Å². The van der Waals surface area contributed by atoms with Gasteiger partial charge in [-0.15, -0.1) is 0 Å². The summed E-state index contributed by atoms with van der Waals surface area (Å²) < 4.78 is 0. The van der Waals surface area contributed by atoms with Crippen LogP contribution in [0.3, 0.4) is 0 Å². The predicted octanol–water partition coefficient (Wildman–Crippen LogP) is 1.90. The lowest BCUT2D eigenvalue weighted by Gasteiger charge is -2.23. The highest BCUT2D eigenvalue weighted by molar-refractivity contribution is 5.84. The van der Waals surface area contributed by atoms with Gasteiger partial charge in [0, 0.05) is 0 Å². The van der Waals surface area contributed by atoms with Crippen molar-refractivity contribution >= 4 is 12.0 Å². The van der Waals surface area contributed by atoms with E-state index in [1.54, 1.807) is 0 Å². The van der Waals surface area contributed by atoms with E-state index >= 15 is 0 Å². The smallest absolute Gasteiger partial charge is 0.222 e. The van der Waals surface area contributed by atoms with E-state index in [1.807, 2.05) is 18.2 Å². The Bertz CT molecular complexity index is 374. The molecular formula is C12H13NO.